The van der Waals surface area contributed by atoms with E-state index in [1.807, 2.05) is 54.6 Å². The lowest BCUT2D eigenvalue weighted by Crippen LogP contribution is -1.96. The van der Waals surface area contributed by atoms with E-state index in [-0.39, 0.29) is 0 Å². The second-order valence-corrected chi connectivity index (χ2v) is 10.1. The summed E-state index contributed by atoms with van der Waals surface area (Å²) in [4.78, 5) is 10.1. The van der Waals surface area contributed by atoms with Crippen molar-refractivity contribution in [3.63, 3.8) is 0 Å². The van der Waals surface area contributed by atoms with Gasteiger partial charge in [0.25, 0.3) is 0 Å². The van der Waals surface area contributed by atoms with Gasteiger partial charge in [0, 0.05) is 27.6 Å². The first-order chi connectivity index (χ1) is 20.3. The largest absolute Gasteiger partial charge is 0.355 e. The molecule has 0 fully saturated rings. The standard InChI is InChI=1S/C37H23N3O/c1-4-10-25(11-5-1)32-23-33(26-12-6-2-7-13-26)39-37(38-32)29-19-17-24-16-18-27-20-21-30-35(28-14-8-3-9-15-28)40-41-36(30)34(27)31(24)22-29/h1-23H. The lowest BCUT2D eigenvalue weighted by Gasteiger charge is -2.11. The fourth-order valence-corrected chi connectivity index (χ4v) is 5.57. The Morgan fingerprint density at radius 2 is 1.00 bits per heavy atom. The Hall–Kier alpha value is -5.61. The van der Waals surface area contributed by atoms with Gasteiger partial charge in [0.1, 0.15) is 5.69 Å². The molecule has 192 valence electrons. The van der Waals surface area contributed by atoms with Gasteiger partial charge in [-0.25, -0.2) is 9.97 Å². The number of benzene rings is 6. The molecule has 4 heteroatoms. The fourth-order valence-electron chi connectivity index (χ4n) is 5.57. The second-order valence-electron chi connectivity index (χ2n) is 10.1. The van der Waals surface area contributed by atoms with E-state index in [0.717, 1.165) is 71.8 Å². The van der Waals surface area contributed by atoms with E-state index in [0.29, 0.717) is 5.82 Å². The molecule has 0 bridgehead atoms. The van der Waals surface area contributed by atoms with E-state index in [2.05, 4.69) is 90.1 Å². The Labute approximate surface area is 236 Å². The molecule has 0 aliphatic carbocycles. The molecule has 2 aromatic heterocycles. The van der Waals surface area contributed by atoms with Crippen molar-refractivity contribution in [3.8, 4) is 45.2 Å². The summed E-state index contributed by atoms with van der Waals surface area (Å²) in [6.07, 6.45) is 0. The molecule has 0 aliphatic rings. The quantitative estimate of drug-likeness (QED) is 0.215. The van der Waals surface area contributed by atoms with Crippen LogP contribution in [0, 0.1) is 0 Å². The van der Waals surface area contributed by atoms with Crippen LogP contribution in [-0.4, -0.2) is 15.1 Å². The third-order valence-electron chi connectivity index (χ3n) is 7.61. The van der Waals surface area contributed by atoms with Crippen LogP contribution in [0.25, 0.3) is 77.7 Å². The van der Waals surface area contributed by atoms with E-state index in [4.69, 9.17) is 14.5 Å². The smallest absolute Gasteiger partial charge is 0.175 e. The molecule has 0 unspecified atom stereocenters. The fraction of sp³-hybridized carbons (Fsp3) is 0. The number of hydrogen-bond donors (Lipinski definition) is 0. The first kappa shape index (κ1) is 23.3. The molecule has 4 nitrogen and oxygen atoms in total. The van der Waals surface area contributed by atoms with Crippen molar-refractivity contribution in [2.75, 3.05) is 0 Å². The molecular weight excluding hydrogens is 502 g/mol. The molecule has 0 radical (unpaired) electrons. The van der Waals surface area contributed by atoms with Crippen molar-refractivity contribution in [3.05, 3.63) is 140 Å². The van der Waals surface area contributed by atoms with Crippen LogP contribution in [0.3, 0.4) is 0 Å². The van der Waals surface area contributed by atoms with E-state index in [1.54, 1.807) is 0 Å². The van der Waals surface area contributed by atoms with Crippen LogP contribution in [-0.2, 0) is 0 Å². The number of hydrogen-bond acceptors (Lipinski definition) is 4. The molecule has 2 heterocycles. The summed E-state index contributed by atoms with van der Waals surface area (Å²) in [5, 5.41) is 9.83. The Kier molecular flexibility index (Phi) is 5.42. The van der Waals surface area contributed by atoms with E-state index in [1.165, 1.54) is 0 Å². The maximum atomic E-state index is 6.04. The summed E-state index contributed by atoms with van der Waals surface area (Å²) in [6, 6.07) is 47.7. The average Bonchev–Trinajstić information content (AvgIpc) is 3.50. The number of aromatic nitrogens is 3. The van der Waals surface area contributed by atoms with Crippen LogP contribution in [0.5, 0.6) is 0 Å². The minimum Gasteiger partial charge on any atom is -0.355 e. The van der Waals surface area contributed by atoms with Crippen LogP contribution >= 0.6 is 0 Å². The third kappa shape index (κ3) is 4.05. The molecule has 8 rings (SSSR count). The Morgan fingerprint density at radius 1 is 0.439 bits per heavy atom. The normalized spacial score (nSPS) is 11.4. The Balaban J connectivity index is 1.36. The minimum atomic E-state index is 0.679. The molecule has 0 saturated carbocycles. The van der Waals surface area contributed by atoms with Crippen LogP contribution in [0.4, 0.5) is 0 Å². The lowest BCUT2D eigenvalue weighted by molar-refractivity contribution is 0.462. The number of rotatable bonds is 4. The van der Waals surface area contributed by atoms with Gasteiger partial charge in [0.15, 0.2) is 11.4 Å². The monoisotopic (exact) mass is 525 g/mol. The molecule has 6 aromatic carbocycles. The van der Waals surface area contributed by atoms with Gasteiger partial charge in [-0.15, -0.1) is 0 Å². The molecule has 0 atom stereocenters. The van der Waals surface area contributed by atoms with E-state index < -0.39 is 0 Å². The van der Waals surface area contributed by atoms with Crippen LogP contribution in [0.1, 0.15) is 0 Å². The zero-order valence-electron chi connectivity index (χ0n) is 22.0. The number of fused-ring (bicyclic) bond motifs is 5. The maximum absolute atomic E-state index is 6.04. The van der Waals surface area contributed by atoms with Crippen molar-refractivity contribution in [2.24, 2.45) is 0 Å². The highest BCUT2D eigenvalue weighted by molar-refractivity contribution is 6.20. The third-order valence-corrected chi connectivity index (χ3v) is 7.61. The highest BCUT2D eigenvalue weighted by Crippen LogP contribution is 2.38. The highest BCUT2D eigenvalue weighted by atomic mass is 16.5. The topological polar surface area (TPSA) is 51.8 Å². The SMILES string of the molecule is c1ccc(-c2cc(-c3ccccc3)nc(-c3ccc4ccc5ccc6c(-c7ccccc7)noc6c5c4c3)n2)cc1. The van der Waals surface area contributed by atoms with Crippen molar-refractivity contribution >= 4 is 32.5 Å². The average molecular weight is 526 g/mol. The molecule has 41 heavy (non-hydrogen) atoms. The summed E-state index contributed by atoms with van der Waals surface area (Å²) in [5.74, 6) is 0.679. The summed E-state index contributed by atoms with van der Waals surface area (Å²) in [7, 11) is 0. The number of nitrogens with zero attached hydrogens (tertiary/aromatic N) is 3. The predicted octanol–water partition coefficient (Wildman–Crippen LogP) is 9.59. The molecule has 0 amide bonds. The van der Waals surface area contributed by atoms with Gasteiger partial charge in [-0.3, -0.25) is 0 Å². The van der Waals surface area contributed by atoms with Crippen LogP contribution < -0.4 is 0 Å². The zero-order valence-corrected chi connectivity index (χ0v) is 22.0. The molecule has 0 aliphatic heterocycles. The van der Waals surface area contributed by atoms with Crippen LogP contribution in [0.15, 0.2) is 144 Å². The van der Waals surface area contributed by atoms with Gasteiger partial charge in [-0.1, -0.05) is 126 Å². The summed E-state index contributed by atoms with van der Waals surface area (Å²) in [5.41, 5.74) is 7.49. The molecule has 0 spiro atoms. The second kappa shape index (κ2) is 9.54. The van der Waals surface area contributed by atoms with Crippen molar-refractivity contribution < 1.29 is 4.52 Å². The first-order valence-electron chi connectivity index (χ1n) is 13.6. The van der Waals surface area contributed by atoms with Gasteiger partial charge in [-0.2, -0.15) is 0 Å². The molecule has 0 saturated heterocycles. The van der Waals surface area contributed by atoms with E-state index >= 15 is 0 Å². The van der Waals surface area contributed by atoms with Gasteiger partial charge in [0.05, 0.1) is 16.8 Å². The van der Waals surface area contributed by atoms with Crippen molar-refractivity contribution in [1.29, 1.82) is 0 Å². The first-order valence-corrected chi connectivity index (χ1v) is 13.6. The van der Waals surface area contributed by atoms with Gasteiger partial charge >= 0.3 is 0 Å². The molecule has 0 N–H and O–H groups in total. The lowest BCUT2D eigenvalue weighted by atomic mass is 9.97. The van der Waals surface area contributed by atoms with Crippen molar-refractivity contribution in [2.45, 2.75) is 0 Å². The molecule has 8 aromatic rings. The summed E-state index contributed by atoms with van der Waals surface area (Å²) in [6.45, 7) is 0. The van der Waals surface area contributed by atoms with Gasteiger partial charge in [-0.05, 0) is 34.4 Å². The van der Waals surface area contributed by atoms with Crippen LogP contribution in [0.2, 0.25) is 0 Å². The highest BCUT2D eigenvalue weighted by Gasteiger charge is 2.16. The van der Waals surface area contributed by atoms with E-state index in [9.17, 15) is 0 Å². The minimum absolute atomic E-state index is 0.679. The van der Waals surface area contributed by atoms with Crippen molar-refractivity contribution in [1.82, 2.24) is 15.1 Å². The summed E-state index contributed by atoms with van der Waals surface area (Å²) < 4.78 is 6.04. The Bertz CT molecular complexity index is 2130. The molecular formula is C37H23N3O. The van der Waals surface area contributed by atoms with Gasteiger partial charge in [0.2, 0.25) is 0 Å². The maximum Gasteiger partial charge on any atom is 0.175 e. The zero-order chi connectivity index (χ0) is 27.2. The summed E-state index contributed by atoms with van der Waals surface area (Å²) >= 11 is 0. The Morgan fingerprint density at radius 3 is 1.66 bits per heavy atom. The van der Waals surface area contributed by atoms with Gasteiger partial charge < -0.3 is 4.52 Å². The predicted molar refractivity (Wildman–Crippen MR) is 166 cm³/mol.